The highest BCUT2D eigenvalue weighted by Crippen LogP contribution is 2.26. The van der Waals surface area contributed by atoms with Crippen molar-refractivity contribution in [3.05, 3.63) is 23.8 Å². The Morgan fingerprint density at radius 1 is 1.15 bits per heavy atom. The summed E-state index contributed by atoms with van der Waals surface area (Å²) >= 11 is 0. The van der Waals surface area contributed by atoms with E-state index in [4.69, 9.17) is 10.2 Å². The number of aliphatic hydroxyl groups is 1. The summed E-state index contributed by atoms with van der Waals surface area (Å²) < 4.78 is 0. The van der Waals surface area contributed by atoms with Crippen LogP contribution in [0.15, 0.2) is 18.2 Å². The van der Waals surface area contributed by atoms with Gasteiger partial charge in [-0.1, -0.05) is 6.07 Å². The molecule has 1 rings (SSSR count). The van der Waals surface area contributed by atoms with Crippen LogP contribution in [0.3, 0.4) is 0 Å². The molecular formula is C10H14O3. The van der Waals surface area contributed by atoms with Crippen LogP contribution in [-0.2, 0) is 6.42 Å². The molecule has 0 spiro atoms. The molecule has 0 aliphatic rings. The molecule has 3 nitrogen and oxygen atoms in total. The van der Waals surface area contributed by atoms with Gasteiger partial charge in [-0.25, -0.2) is 0 Å². The minimum absolute atomic E-state index is 0.139. The van der Waals surface area contributed by atoms with Crippen molar-refractivity contribution in [2.45, 2.75) is 25.9 Å². The number of aromatic hydroxyl groups is 2. The third-order valence-electron chi connectivity index (χ3n) is 1.68. The van der Waals surface area contributed by atoms with Crippen LogP contribution in [0.25, 0.3) is 0 Å². The minimum Gasteiger partial charge on any atom is -0.504 e. The van der Waals surface area contributed by atoms with E-state index in [1.807, 2.05) is 0 Å². The molecule has 72 valence electrons. The smallest absolute Gasteiger partial charge is 0.157 e. The Morgan fingerprint density at radius 2 is 1.77 bits per heavy atom. The Morgan fingerprint density at radius 3 is 2.23 bits per heavy atom. The Labute approximate surface area is 77.3 Å². The molecular weight excluding hydrogens is 168 g/mol. The van der Waals surface area contributed by atoms with E-state index < -0.39 is 5.60 Å². The van der Waals surface area contributed by atoms with Gasteiger partial charge in [-0.2, -0.15) is 0 Å². The van der Waals surface area contributed by atoms with E-state index in [-0.39, 0.29) is 11.5 Å². The zero-order valence-electron chi connectivity index (χ0n) is 7.78. The minimum atomic E-state index is -0.802. The second kappa shape index (κ2) is 3.26. The molecule has 0 heterocycles. The van der Waals surface area contributed by atoms with E-state index in [9.17, 15) is 5.11 Å². The van der Waals surface area contributed by atoms with E-state index in [0.29, 0.717) is 6.42 Å². The Hall–Kier alpha value is -1.22. The molecule has 0 bridgehead atoms. The summed E-state index contributed by atoms with van der Waals surface area (Å²) in [6, 6.07) is 4.54. The summed E-state index contributed by atoms with van der Waals surface area (Å²) in [6.45, 7) is 3.38. The zero-order chi connectivity index (χ0) is 10.1. The number of hydrogen-bond acceptors (Lipinski definition) is 3. The van der Waals surface area contributed by atoms with Crippen molar-refractivity contribution in [3.8, 4) is 11.5 Å². The standard InChI is InChI=1S/C10H14O3/c1-10(2,13)6-7-3-4-8(11)9(12)5-7/h3-5,11-13H,6H2,1-2H3. The molecule has 0 aliphatic heterocycles. The fraction of sp³-hybridized carbons (Fsp3) is 0.400. The molecule has 0 fully saturated rings. The van der Waals surface area contributed by atoms with Gasteiger partial charge in [0.2, 0.25) is 0 Å². The Bertz CT molecular complexity index is 300. The summed E-state index contributed by atoms with van der Waals surface area (Å²) in [5.74, 6) is -0.291. The zero-order valence-corrected chi connectivity index (χ0v) is 7.78. The van der Waals surface area contributed by atoms with Crippen LogP contribution in [0, 0.1) is 0 Å². The predicted molar refractivity (Wildman–Crippen MR) is 49.8 cm³/mol. The van der Waals surface area contributed by atoms with Gasteiger partial charge in [0.05, 0.1) is 5.60 Å². The lowest BCUT2D eigenvalue weighted by atomic mass is 9.98. The molecule has 0 radical (unpaired) electrons. The second-order valence-corrected chi connectivity index (χ2v) is 3.81. The van der Waals surface area contributed by atoms with Crippen molar-refractivity contribution in [1.29, 1.82) is 0 Å². The third kappa shape index (κ3) is 2.95. The van der Waals surface area contributed by atoms with Gasteiger partial charge in [0, 0.05) is 6.42 Å². The number of phenolic OH excluding ortho intramolecular Hbond substituents is 2. The predicted octanol–water partition coefficient (Wildman–Crippen LogP) is 1.41. The Kier molecular flexibility index (Phi) is 2.48. The molecule has 0 aromatic heterocycles. The van der Waals surface area contributed by atoms with Gasteiger partial charge < -0.3 is 15.3 Å². The first kappa shape index (κ1) is 9.86. The summed E-state index contributed by atoms with van der Waals surface area (Å²) in [5, 5.41) is 27.7. The summed E-state index contributed by atoms with van der Waals surface area (Å²) in [5.41, 5.74) is -0.00791. The summed E-state index contributed by atoms with van der Waals surface area (Å²) in [7, 11) is 0. The van der Waals surface area contributed by atoms with E-state index in [1.54, 1.807) is 19.9 Å². The van der Waals surface area contributed by atoms with Gasteiger partial charge in [-0.15, -0.1) is 0 Å². The number of rotatable bonds is 2. The van der Waals surface area contributed by atoms with Crippen molar-refractivity contribution >= 4 is 0 Å². The second-order valence-electron chi connectivity index (χ2n) is 3.81. The molecule has 0 atom stereocenters. The van der Waals surface area contributed by atoms with Crippen LogP contribution in [0.4, 0.5) is 0 Å². The molecule has 3 N–H and O–H groups in total. The first-order valence-corrected chi connectivity index (χ1v) is 4.12. The fourth-order valence-corrected chi connectivity index (χ4v) is 1.18. The molecule has 13 heavy (non-hydrogen) atoms. The van der Waals surface area contributed by atoms with Gasteiger partial charge >= 0.3 is 0 Å². The number of phenols is 2. The normalized spacial score (nSPS) is 11.6. The van der Waals surface area contributed by atoms with Crippen LogP contribution in [0.1, 0.15) is 19.4 Å². The number of hydrogen-bond donors (Lipinski definition) is 3. The summed E-state index contributed by atoms with van der Waals surface area (Å²) in [6.07, 6.45) is 0.445. The molecule has 0 unspecified atom stereocenters. The lowest BCUT2D eigenvalue weighted by Crippen LogP contribution is -2.21. The molecule has 1 aromatic carbocycles. The van der Waals surface area contributed by atoms with E-state index >= 15 is 0 Å². The number of benzene rings is 1. The van der Waals surface area contributed by atoms with Gasteiger partial charge in [0.1, 0.15) is 0 Å². The average molecular weight is 182 g/mol. The monoisotopic (exact) mass is 182 g/mol. The van der Waals surface area contributed by atoms with Crippen molar-refractivity contribution < 1.29 is 15.3 Å². The first-order valence-electron chi connectivity index (χ1n) is 4.12. The first-order chi connectivity index (χ1) is 5.88. The Balaban J connectivity index is 2.86. The van der Waals surface area contributed by atoms with Crippen LogP contribution in [0.5, 0.6) is 11.5 Å². The van der Waals surface area contributed by atoms with Crippen LogP contribution in [0.2, 0.25) is 0 Å². The van der Waals surface area contributed by atoms with E-state index in [2.05, 4.69) is 0 Å². The SMILES string of the molecule is CC(C)(O)Cc1ccc(O)c(O)c1. The molecule has 0 aliphatic carbocycles. The average Bonchev–Trinajstić information content (AvgIpc) is 1.94. The topological polar surface area (TPSA) is 60.7 Å². The van der Waals surface area contributed by atoms with Crippen LogP contribution < -0.4 is 0 Å². The maximum atomic E-state index is 9.49. The maximum Gasteiger partial charge on any atom is 0.157 e. The van der Waals surface area contributed by atoms with E-state index in [0.717, 1.165) is 5.56 Å². The van der Waals surface area contributed by atoms with Crippen molar-refractivity contribution in [3.63, 3.8) is 0 Å². The molecule has 3 heteroatoms. The third-order valence-corrected chi connectivity index (χ3v) is 1.68. The quantitative estimate of drug-likeness (QED) is 0.606. The lowest BCUT2D eigenvalue weighted by molar-refractivity contribution is 0.0809. The van der Waals surface area contributed by atoms with Crippen molar-refractivity contribution in [2.75, 3.05) is 0 Å². The molecule has 1 aromatic rings. The van der Waals surface area contributed by atoms with Crippen LogP contribution >= 0.6 is 0 Å². The highest BCUT2D eigenvalue weighted by molar-refractivity contribution is 5.40. The largest absolute Gasteiger partial charge is 0.504 e. The van der Waals surface area contributed by atoms with Gasteiger partial charge in [0.15, 0.2) is 11.5 Å². The van der Waals surface area contributed by atoms with Gasteiger partial charge in [-0.05, 0) is 31.5 Å². The fourth-order valence-electron chi connectivity index (χ4n) is 1.18. The molecule has 0 saturated heterocycles. The van der Waals surface area contributed by atoms with Crippen LogP contribution in [-0.4, -0.2) is 20.9 Å². The summed E-state index contributed by atoms with van der Waals surface area (Å²) in [4.78, 5) is 0. The van der Waals surface area contributed by atoms with Crippen molar-refractivity contribution in [2.24, 2.45) is 0 Å². The highest BCUT2D eigenvalue weighted by atomic mass is 16.3. The molecule has 0 amide bonds. The maximum absolute atomic E-state index is 9.49. The van der Waals surface area contributed by atoms with Gasteiger partial charge in [-0.3, -0.25) is 0 Å². The van der Waals surface area contributed by atoms with Gasteiger partial charge in [0.25, 0.3) is 0 Å². The van der Waals surface area contributed by atoms with E-state index in [1.165, 1.54) is 12.1 Å². The molecule has 0 saturated carbocycles. The lowest BCUT2D eigenvalue weighted by Gasteiger charge is -2.16. The van der Waals surface area contributed by atoms with Crippen molar-refractivity contribution in [1.82, 2.24) is 0 Å². The highest BCUT2D eigenvalue weighted by Gasteiger charge is 2.14.